The molecule has 0 aliphatic heterocycles. The first kappa shape index (κ1) is 65.4. The number of rotatable bonds is 6. The standard InChI is InChI=1S/C16H10N3.3C12H8N3.C11H7N4.C8H6N3.6Ga.6H/c1-2-6-12-11(5-1)9-10-17-15(12)16-18-13-7-3-4-8-14(13)19-16;1-2-6-10-9(5-1)14-12(15-10)11-7-3-4-8-13-11;1-2-4-10-6-14-11(5-9(10)3-1)12-7-13-8-15-12;1-2-4-10-9(3-1)5-6-13-11(10)12-14-7-8-15-12;1-2-4-9-8(3-1)10(15-7-14-9)11-12-5-6-13-11;1-2-4-9-7(3-1)8-10-5-6-11-8;;;;;;;;;;;;/h1-10H;3*1-8H;1-7H;1-6H;;;;;;;;;;;;/q6*-1;6*+1;;;;;;. The van der Waals surface area contributed by atoms with Crippen molar-refractivity contribution in [1.82, 2.24) is 84.4 Å². The molecule has 25 heteroatoms. The van der Waals surface area contributed by atoms with E-state index in [1.165, 1.54) is 32.6 Å². The average Bonchev–Trinajstić information content (AvgIpc) is 1.62. The fraction of sp³-hybridized carbons (Fsp3) is 0. The molecule has 0 aliphatic carbocycles. The molecule has 12 aromatic heterocycles. The van der Waals surface area contributed by atoms with Crippen LogP contribution in [0.1, 0.15) is 0 Å². The Kier molecular flexibility index (Phi) is 21.2. The Bertz CT molecular complexity index is 5500. The van der Waals surface area contributed by atoms with Crippen molar-refractivity contribution in [2.45, 2.75) is 0 Å². The number of hydrogen-bond donors (Lipinski definition) is 0. The fourth-order valence-electron chi connectivity index (χ4n) is 10.6. The zero-order valence-electron chi connectivity index (χ0n) is 51.9. The van der Waals surface area contributed by atoms with Crippen molar-refractivity contribution in [3.8, 4) is 69.0 Å². The monoisotopic (exact) mass is 1590 g/mol. The van der Waals surface area contributed by atoms with Crippen LogP contribution >= 0.6 is 0 Å². The van der Waals surface area contributed by atoms with E-state index in [1.54, 1.807) is 31.1 Å². The summed E-state index contributed by atoms with van der Waals surface area (Å²) < 4.78 is 12.8. The maximum atomic E-state index is 4.76. The molecule has 0 N–H and O–H groups in total. The molecular formula is C71H53Ga6N19. The SMILES string of the molecule is [GaH][n]1c(-c2ccccn2)nc2ccccc21.[GaH][n]1c(-c2nccc3ccccc23)nc2ccccc21.[GaH][n]1ccnc1-c1ccccn1.[GaH][n]1ccnc1-c1nccc2ccccc12.[GaH][n]1ccnc1-c1ncnc2ccccc12.[GaH][n]1cncc1-c1cc2ccccc2cn1. The van der Waals surface area contributed by atoms with Gasteiger partial charge in [-0.15, -0.1) is 0 Å². The van der Waals surface area contributed by atoms with Crippen LogP contribution in [0.25, 0.3) is 134 Å². The van der Waals surface area contributed by atoms with Crippen LogP contribution in [-0.4, -0.2) is 197 Å². The molecule has 0 spiro atoms. The van der Waals surface area contributed by atoms with Gasteiger partial charge in [0.15, 0.2) is 0 Å². The maximum absolute atomic E-state index is 4.76. The minimum atomic E-state index is 0.904. The van der Waals surface area contributed by atoms with E-state index >= 15 is 0 Å². The van der Waals surface area contributed by atoms with Gasteiger partial charge in [0.1, 0.15) is 0 Å². The van der Waals surface area contributed by atoms with Crippen molar-refractivity contribution in [2.75, 3.05) is 0 Å². The number of hydrogen-bond acceptors (Lipinski definition) is 13. The van der Waals surface area contributed by atoms with Crippen LogP contribution in [0.15, 0.2) is 287 Å². The number of imidazole rings is 6. The summed E-state index contributed by atoms with van der Waals surface area (Å²) in [5, 5.41) is 8.15. The first-order valence-electron chi connectivity index (χ1n) is 30.1. The van der Waals surface area contributed by atoms with E-state index in [0.29, 0.717) is 0 Å². The molecule has 0 saturated heterocycles. The number of pyridine rings is 5. The molecule has 18 rings (SSSR count). The van der Waals surface area contributed by atoms with Crippen LogP contribution in [0.2, 0.25) is 0 Å². The molecule has 0 atom stereocenters. The summed E-state index contributed by atoms with van der Waals surface area (Å²) in [5.74, 6) is 4.75. The van der Waals surface area contributed by atoms with Crippen molar-refractivity contribution in [1.29, 1.82) is 0 Å². The van der Waals surface area contributed by atoms with Crippen LogP contribution in [-0.2, 0) is 0 Å². The number of para-hydroxylation sites is 5. The molecule has 0 unspecified atom stereocenters. The Labute approximate surface area is 612 Å². The van der Waals surface area contributed by atoms with Gasteiger partial charge in [0.2, 0.25) is 0 Å². The Balaban J connectivity index is 0.000000105. The Hall–Kier alpha value is -9.21. The number of fused-ring (bicyclic) bond motifs is 6. The van der Waals surface area contributed by atoms with Gasteiger partial charge in [-0.2, -0.15) is 0 Å². The number of aromatic nitrogens is 19. The molecule has 450 valence electrons. The van der Waals surface area contributed by atoms with Crippen LogP contribution in [0.4, 0.5) is 0 Å². The van der Waals surface area contributed by atoms with Crippen LogP contribution in [0.5, 0.6) is 0 Å². The van der Waals surface area contributed by atoms with Gasteiger partial charge in [0, 0.05) is 0 Å². The quantitative estimate of drug-likeness (QED) is 0.143. The number of nitrogens with zero attached hydrogens (tertiary/aromatic N) is 19. The summed E-state index contributed by atoms with van der Waals surface area (Å²) >= 11 is 6.14. The van der Waals surface area contributed by atoms with Gasteiger partial charge in [-0.1, -0.05) is 0 Å². The van der Waals surface area contributed by atoms with Crippen LogP contribution in [0.3, 0.4) is 0 Å². The average molecular weight is 1590 g/mol. The molecule has 96 heavy (non-hydrogen) atoms. The van der Waals surface area contributed by atoms with E-state index in [-0.39, 0.29) is 0 Å². The topological polar surface area (TPSA) is 197 Å². The zero-order valence-corrected chi connectivity index (χ0v) is 69.7. The van der Waals surface area contributed by atoms with Gasteiger partial charge in [0.25, 0.3) is 0 Å². The minimum absolute atomic E-state index is 0.904. The molecule has 0 saturated carbocycles. The third kappa shape index (κ3) is 14.9. The van der Waals surface area contributed by atoms with E-state index < -0.39 is 0 Å². The molecule has 6 radical (unpaired) electrons. The summed E-state index contributed by atoms with van der Waals surface area (Å²) in [6.07, 6.45) is 25.8. The van der Waals surface area contributed by atoms with Gasteiger partial charge in [-0.3, -0.25) is 0 Å². The molecule has 0 bridgehead atoms. The van der Waals surface area contributed by atoms with Gasteiger partial charge in [0.05, 0.1) is 0 Å². The first-order chi connectivity index (χ1) is 47.1. The molecule has 12 heterocycles. The Morgan fingerprint density at radius 1 is 0.281 bits per heavy atom. The van der Waals surface area contributed by atoms with E-state index in [1.807, 2.05) is 183 Å². The van der Waals surface area contributed by atoms with Crippen LogP contribution < -0.4 is 0 Å². The van der Waals surface area contributed by atoms with E-state index in [0.717, 1.165) is 215 Å². The molecule has 0 amide bonds. The summed E-state index contributed by atoms with van der Waals surface area (Å²) in [5.41, 5.74) is 12.2. The van der Waals surface area contributed by atoms with Crippen molar-refractivity contribution in [3.05, 3.63) is 287 Å². The molecule has 0 fully saturated rings. The second-order valence-electron chi connectivity index (χ2n) is 21.5. The molecular weight excluding hydrogens is 1540 g/mol. The predicted octanol–water partition coefficient (Wildman–Crippen LogP) is 9.97. The summed E-state index contributed by atoms with van der Waals surface area (Å²) in [6.45, 7) is 0. The van der Waals surface area contributed by atoms with Crippen molar-refractivity contribution in [3.63, 3.8) is 0 Å². The van der Waals surface area contributed by atoms with Crippen LogP contribution in [0, 0.1) is 0 Å². The summed E-state index contributed by atoms with van der Waals surface area (Å²) in [6, 6.07) is 67.2. The predicted molar refractivity (Wildman–Crippen MR) is 391 cm³/mol. The number of benzene rings is 6. The van der Waals surface area contributed by atoms with Crippen molar-refractivity contribution >= 4 is 178 Å². The van der Waals surface area contributed by atoms with Gasteiger partial charge < -0.3 is 0 Å². The normalized spacial score (nSPS) is 10.8. The fourth-order valence-corrected chi connectivity index (χ4v) is 15.5. The van der Waals surface area contributed by atoms with Crippen molar-refractivity contribution in [2.24, 2.45) is 0 Å². The third-order valence-electron chi connectivity index (χ3n) is 15.4. The summed E-state index contributed by atoms with van der Waals surface area (Å²) in [4.78, 5) is 57.1. The molecule has 19 nitrogen and oxygen atoms in total. The summed E-state index contributed by atoms with van der Waals surface area (Å²) in [7, 11) is 0. The second kappa shape index (κ2) is 31.1. The zero-order chi connectivity index (χ0) is 65.7. The van der Waals surface area contributed by atoms with E-state index in [9.17, 15) is 0 Å². The van der Waals surface area contributed by atoms with E-state index in [4.69, 9.17) is 4.98 Å². The third-order valence-corrected chi connectivity index (χ3v) is 22.3. The first-order valence-corrected chi connectivity index (χ1v) is 38.1. The van der Waals surface area contributed by atoms with Gasteiger partial charge >= 0.3 is 619 Å². The second-order valence-corrected chi connectivity index (χ2v) is 29.8. The van der Waals surface area contributed by atoms with Gasteiger partial charge in [-0.25, -0.2) is 0 Å². The Morgan fingerprint density at radius 2 is 0.740 bits per heavy atom. The Morgan fingerprint density at radius 3 is 1.27 bits per heavy atom. The van der Waals surface area contributed by atoms with Crippen molar-refractivity contribution < 1.29 is 0 Å². The molecule has 6 aromatic carbocycles. The van der Waals surface area contributed by atoms with E-state index in [2.05, 4.69) is 152 Å². The van der Waals surface area contributed by atoms with Gasteiger partial charge in [-0.05, 0) is 0 Å². The molecule has 0 aliphatic rings. The molecule has 18 aromatic rings.